The van der Waals surface area contributed by atoms with Gasteiger partial charge in [-0.25, -0.2) is 0 Å². The van der Waals surface area contributed by atoms with Crippen LogP contribution >= 0.6 is 0 Å². The molecular formula is C26H23NO7. The second-order valence-corrected chi connectivity index (χ2v) is 8.04. The van der Waals surface area contributed by atoms with E-state index in [0.717, 1.165) is 11.1 Å². The molecule has 174 valence electrons. The first-order valence-corrected chi connectivity index (χ1v) is 10.9. The van der Waals surface area contributed by atoms with Crippen LogP contribution in [0.2, 0.25) is 0 Å². The molecular weight excluding hydrogens is 438 g/mol. The number of aryl methyl sites for hydroxylation is 1. The van der Waals surface area contributed by atoms with Crippen molar-refractivity contribution < 1.29 is 33.3 Å². The maximum Gasteiger partial charge on any atom is 0.296 e. The van der Waals surface area contributed by atoms with Gasteiger partial charge < -0.3 is 28.6 Å². The number of rotatable bonds is 6. The van der Waals surface area contributed by atoms with E-state index >= 15 is 0 Å². The Hall–Kier alpha value is -4.20. The second kappa shape index (κ2) is 8.62. The van der Waals surface area contributed by atoms with Crippen molar-refractivity contribution in [3.63, 3.8) is 0 Å². The molecule has 0 bridgehead atoms. The molecule has 8 heteroatoms. The number of nitrogens with zero attached hydrogens (tertiary/aromatic N) is 1. The van der Waals surface area contributed by atoms with Crippen LogP contribution in [0.3, 0.4) is 0 Å². The van der Waals surface area contributed by atoms with Crippen LogP contribution in [-0.4, -0.2) is 35.1 Å². The lowest BCUT2D eigenvalue weighted by Gasteiger charge is -2.23. The van der Waals surface area contributed by atoms with Crippen LogP contribution in [-0.2, 0) is 16.1 Å². The fourth-order valence-corrected chi connectivity index (χ4v) is 4.29. The fourth-order valence-electron chi connectivity index (χ4n) is 4.29. The maximum absolute atomic E-state index is 13.1. The van der Waals surface area contributed by atoms with Gasteiger partial charge in [0, 0.05) is 12.1 Å². The summed E-state index contributed by atoms with van der Waals surface area (Å²) < 4.78 is 21.9. The first-order valence-electron chi connectivity index (χ1n) is 10.9. The predicted molar refractivity (Wildman–Crippen MR) is 121 cm³/mol. The highest BCUT2D eigenvalue weighted by Crippen LogP contribution is 2.41. The number of amides is 1. The Morgan fingerprint density at radius 3 is 2.68 bits per heavy atom. The number of aliphatic hydroxyl groups excluding tert-OH is 1. The highest BCUT2D eigenvalue weighted by atomic mass is 16.7. The zero-order valence-electron chi connectivity index (χ0n) is 18.7. The van der Waals surface area contributed by atoms with Crippen LogP contribution in [0.5, 0.6) is 17.2 Å². The van der Waals surface area contributed by atoms with Gasteiger partial charge in [0.1, 0.15) is 23.3 Å². The van der Waals surface area contributed by atoms with E-state index < -0.39 is 17.7 Å². The lowest BCUT2D eigenvalue weighted by atomic mass is 9.98. The van der Waals surface area contributed by atoms with Crippen molar-refractivity contribution in [1.29, 1.82) is 0 Å². The van der Waals surface area contributed by atoms with E-state index in [2.05, 4.69) is 0 Å². The molecule has 0 spiro atoms. The number of hydrogen-bond donors (Lipinski definition) is 1. The quantitative estimate of drug-likeness (QED) is 0.331. The van der Waals surface area contributed by atoms with Crippen LogP contribution in [0, 0.1) is 6.92 Å². The summed E-state index contributed by atoms with van der Waals surface area (Å²) in [6, 6.07) is 12.9. The van der Waals surface area contributed by atoms with Crippen LogP contribution in [0.4, 0.5) is 0 Å². The summed E-state index contributed by atoms with van der Waals surface area (Å²) in [4.78, 5) is 27.7. The van der Waals surface area contributed by atoms with Crippen molar-refractivity contribution >= 4 is 17.4 Å². The molecule has 1 amide bonds. The lowest BCUT2D eigenvalue weighted by Crippen LogP contribution is -2.29. The van der Waals surface area contributed by atoms with Gasteiger partial charge in [-0.05, 0) is 67.4 Å². The van der Waals surface area contributed by atoms with Crippen molar-refractivity contribution in [3.05, 3.63) is 82.8 Å². The topological polar surface area (TPSA) is 98.4 Å². The van der Waals surface area contributed by atoms with E-state index in [4.69, 9.17) is 18.6 Å². The Balaban J connectivity index is 1.56. The molecule has 1 N–H and O–H groups in total. The molecule has 0 radical (unpaired) electrons. The Morgan fingerprint density at radius 2 is 1.94 bits per heavy atom. The van der Waals surface area contributed by atoms with Gasteiger partial charge >= 0.3 is 0 Å². The van der Waals surface area contributed by atoms with Gasteiger partial charge in [0.2, 0.25) is 6.79 Å². The summed E-state index contributed by atoms with van der Waals surface area (Å²) in [6.07, 6.45) is 1.47. The molecule has 2 aromatic carbocycles. The number of Topliss-reactive ketones (excluding diaryl/α,β-unsaturated/α-hetero) is 1. The van der Waals surface area contributed by atoms with Crippen molar-refractivity contribution in [3.8, 4) is 17.2 Å². The summed E-state index contributed by atoms with van der Waals surface area (Å²) in [5.41, 5.74) is 1.94. The van der Waals surface area contributed by atoms with Crippen molar-refractivity contribution in [2.24, 2.45) is 0 Å². The van der Waals surface area contributed by atoms with Gasteiger partial charge in [0.05, 0.1) is 18.4 Å². The average Bonchev–Trinajstić information content (AvgIpc) is 3.57. The van der Waals surface area contributed by atoms with Crippen molar-refractivity contribution in [1.82, 2.24) is 4.90 Å². The Bertz CT molecular complexity index is 1290. The molecule has 8 nitrogen and oxygen atoms in total. The summed E-state index contributed by atoms with van der Waals surface area (Å²) >= 11 is 0. The van der Waals surface area contributed by atoms with Crippen molar-refractivity contribution in [2.75, 3.05) is 13.4 Å². The summed E-state index contributed by atoms with van der Waals surface area (Å²) in [7, 11) is 0. The fraction of sp³-hybridized carbons (Fsp3) is 0.231. The van der Waals surface area contributed by atoms with E-state index in [1.54, 1.807) is 42.5 Å². The highest BCUT2D eigenvalue weighted by molar-refractivity contribution is 6.46. The zero-order chi connectivity index (χ0) is 23.8. The molecule has 0 aliphatic carbocycles. The van der Waals surface area contributed by atoms with Gasteiger partial charge in [-0.1, -0.05) is 6.07 Å². The smallest absolute Gasteiger partial charge is 0.296 e. The number of fused-ring (bicyclic) bond motifs is 1. The predicted octanol–water partition coefficient (Wildman–Crippen LogP) is 4.34. The van der Waals surface area contributed by atoms with Gasteiger partial charge in [-0.15, -0.1) is 0 Å². The minimum atomic E-state index is -0.882. The van der Waals surface area contributed by atoms with E-state index in [1.807, 2.05) is 19.9 Å². The summed E-state index contributed by atoms with van der Waals surface area (Å²) in [5.74, 6) is 0.510. The molecule has 0 saturated carbocycles. The van der Waals surface area contributed by atoms with E-state index in [0.29, 0.717) is 35.2 Å². The van der Waals surface area contributed by atoms with Gasteiger partial charge in [-0.2, -0.15) is 0 Å². The van der Waals surface area contributed by atoms with E-state index in [-0.39, 0.29) is 24.7 Å². The number of hydrogen-bond acceptors (Lipinski definition) is 7. The molecule has 1 aromatic heterocycles. The van der Waals surface area contributed by atoms with Gasteiger partial charge in [0.15, 0.2) is 11.5 Å². The largest absolute Gasteiger partial charge is 0.507 e. The molecule has 1 atom stereocenters. The van der Waals surface area contributed by atoms with Crippen LogP contribution < -0.4 is 14.2 Å². The van der Waals surface area contributed by atoms with E-state index in [1.165, 1.54) is 11.2 Å². The van der Waals surface area contributed by atoms with E-state index in [9.17, 15) is 14.7 Å². The first-order chi connectivity index (χ1) is 16.5. The number of likely N-dealkylation sites (tertiary alicyclic amines) is 1. The number of ether oxygens (including phenoxy) is 3. The summed E-state index contributed by atoms with van der Waals surface area (Å²) in [5, 5.41) is 11.2. The maximum atomic E-state index is 13.1. The normalized spacial score (nSPS) is 18.5. The van der Waals surface area contributed by atoms with Crippen molar-refractivity contribution in [2.45, 2.75) is 26.4 Å². The number of furan rings is 1. The van der Waals surface area contributed by atoms with Crippen LogP contribution in [0.15, 0.2) is 64.8 Å². The molecule has 5 rings (SSSR count). The third-order valence-electron chi connectivity index (χ3n) is 5.89. The molecule has 2 aliphatic rings. The van der Waals surface area contributed by atoms with Gasteiger partial charge in [-0.3, -0.25) is 9.59 Å². The highest BCUT2D eigenvalue weighted by Gasteiger charge is 2.47. The minimum absolute atomic E-state index is 0.0238. The molecule has 1 fully saturated rings. The van der Waals surface area contributed by atoms with Crippen LogP contribution in [0.25, 0.3) is 5.76 Å². The van der Waals surface area contributed by atoms with Crippen LogP contribution in [0.1, 0.15) is 35.4 Å². The summed E-state index contributed by atoms with van der Waals surface area (Å²) in [6.45, 7) is 4.50. The molecule has 3 aromatic rings. The third kappa shape index (κ3) is 3.67. The Kier molecular flexibility index (Phi) is 5.49. The Labute approximate surface area is 196 Å². The number of benzene rings is 2. The lowest BCUT2D eigenvalue weighted by molar-refractivity contribution is -0.140. The first kappa shape index (κ1) is 21.6. The SMILES string of the molecule is CCOc1ccc(/C(O)=C2/C(=O)C(=O)N(Cc3ccc4c(c3)OCO4)C2c2ccco2)cc1C. The number of carbonyl (C=O) groups is 2. The molecule has 34 heavy (non-hydrogen) atoms. The minimum Gasteiger partial charge on any atom is -0.507 e. The Morgan fingerprint density at radius 1 is 1.12 bits per heavy atom. The molecule has 3 heterocycles. The number of ketones is 1. The monoisotopic (exact) mass is 461 g/mol. The third-order valence-corrected chi connectivity index (χ3v) is 5.89. The number of carbonyl (C=O) groups excluding carboxylic acids is 2. The standard InChI is InChI=1S/C26H23NO7/c1-3-31-18-9-7-17(11-15(18)2)24(28)22-23(20-5-4-10-32-20)27(26(30)25(22)29)13-16-6-8-19-21(12-16)34-14-33-19/h4-12,23,28H,3,13-14H2,1-2H3/b24-22-. The molecule has 1 unspecified atom stereocenters. The number of aliphatic hydroxyl groups is 1. The van der Waals surface area contributed by atoms with Gasteiger partial charge in [0.25, 0.3) is 11.7 Å². The molecule has 1 saturated heterocycles. The molecule has 2 aliphatic heterocycles. The average molecular weight is 461 g/mol. The zero-order valence-corrected chi connectivity index (χ0v) is 18.7. The second-order valence-electron chi connectivity index (χ2n) is 8.04.